The van der Waals surface area contributed by atoms with Gasteiger partial charge >= 0.3 is 6.18 Å². The molecule has 3 aromatic rings. The van der Waals surface area contributed by atoms with Crippen LogP contribution in [0.3, 0.4) is 0 Å². The molecule has 0 radical (unpaired) electrons. The molecule has 1 N–H and O–H groups in total. The largest absolute Gasteiger partial charge is 0.418 e. The Morgan fingerprint density at radius 2 is 1.59 bits per heavy atom. The highest BCUT2D eigenvalue weighted by Gasteiger charge is 2.35. The first kappa shape index (κ1) is 20.3. The average molecular weight is 377 g/mol. The molecule has 0 atom stereocenters. The summed E-state index contributed by atoms with van der Waals surface area (Å²) in [4.78, 5) is 27.9. The zero-order chi connectivity index (χ0) is 20.0. The smallest absolute Gasteiger partial charge is 0.292 e. The highest BCUT2D eigenvalue weighted by Crippen LogP contribution is 2.31. The van der Waals surface area contributed by atoms with Gasteiger partial charge in [-0.25, -0.2) is 0 Å². The molecule has 0 aliphatic heterocycles. The third-order valence-electron chi connectivity index (χ3n) is 3.69. The van der Waals surface area contributed by atoms with Crippen molar-refractivity contribution in [3.05, 3.63) is 59.5 Å². The second kappa shape index (κ2) is 8.57. The summed E-state index contributed by atoms with van der Waals surface area (Å²) in [5, 5.41) is 7.23. The molecule has 0 aliphatic rings. The monoisotopic (exact) mass is 377 g/mol. The molecule has 2 heterocycles. The summed E-state index contributed by atoms with van der Waals surface area (Å²) in [6, 6.07) is 8.87. The molecular weight excluding hydrogens is 359 g/mol. The fourth-order valence-electron chi connectivity index (χ4n) is 2.50. The lowest BCUT2D eigenvalue weighted by molar-refractivity contribution is -0.138. The van der Waals surface area contributed by atoms with Crippen LogP contribution in [0.5, 0.6) is 0 Å². The topological polar surface area (TPSA) is 75.7 Å². The van der Waals surface area contributed by atoms with E-state index in [0.29, 0.717) is 10.9 Å². The molecule has 0 saturated carbocycles. The molecule has 8 heteroatoms. The van der Waals surface area contributed by atoms with Crippen molar-refractivity contribution >= 4 is 22.5 Å². The number of alkyl halides is 3. The molecule has 2 aromatic heterocycles. The van der Waals surface area contributed by atoms with Crippen LogP contribution in [0, 0.1) is 0 Å². The van der Waals surface area contributed by atoms with Crippen molar-refractivity contribution in [2.45, 2.75) is 32.9 Å². The molecule has 0 aliphatic carbocycles. The number of carbonyl (C=O) groups excluding carboxylic acids is 2. The molecule has 142 valence electrons. The molecule has 5 nitrogen and oxygen atoms in total. The summed E-state index contributed by atoms with van der Waals surface area (Å²) in [5.74, 6) is -1.25. The predicted molar refractivity (Wildman–Crippen MR) is 94.6 cm³/mol. The second-order valence-electron chi connectivity index (χ2n) is 5.36. The van der Waals surface area contributed by atoms with Gasteiger partial charge in [0.25, 0.3) is 0 Å². The Morgan fingerprint density at radius 1 is 0.963 bits per heavy atom. The van der Waals surface area contributed by atoms with Crippen LogP contribution in [-0.4, -0.2) is 26.7 Å². The van der Waals surface area contributed by atoms with Gasteiger partial charge in [-0.3, -0.25) is 19.7 Å². The number of aromatic amines is 1. The minimum atomic E-state index is -4.68. The number of nitrogens with one attached hydrogen (secondary N) is 1. The molecule has 1 aromatic carbocycles. The van der Waals surface area contributed by atoms with Crippen molar-refractivity contribution in [2.24, 2.45) is 0 Å². The number of Topliss-reactive ketones (excluding diaryl/α,β-unsaturated/α-hetero) is 2. The number of H-pyrrole nitrogens is 1. The number of para-hydroxylation sites is 1. The van der Waals surface area contributed by atoms with Crippen LogP contribution in [0.4, 0.5) is 13.2 Å². The number of fused-ring (bicyclic) bond motifs is 1. The van der Waals surface area contributed by atoms with E-state index < -0.39 is 29.0 Å². The van der Waals surface area contributed by atoms with Gasteiger partial charge in [0.15, 0.2) is 11.6 Å². The van der Waals surface area contributed by atoms with E-state index in [4.69, 9.17) is 0 Å². The minimum absolute atomic E-state index is 0.167. The average Bonchev–Trinajstić information content (AvgIpc) is 3.11. The SMILES string of the molecule is CC.O=C(CCC(=O)c1n[nH]c2ccccc12)c1ncccc1C(F)(F)F. The Hall–Kier alpha value is -3.03. The highest BCUT2D eigenvalue weighted by atomic mass is 19.4. The number of aromatic nitrogens is 3. The van der Waals surface area contributed by atoms with Gasteiger partial charge in [0.1, 0.15) is 11.4 Å². The number of rotatable bonds is 5. The van der Waals surface area contributed by atoms with Gasteiger partial charge in [-0.1, -0.05) is 32.0 Å². The lowest BCUT2D eigenvalue weighted by Crippen LogP contribution is -2.15. The molecule has 0 saturated heterocycles. The van der Waals surface area contributed by atoms with E-state index in [9.17, 15) is 22.8 Å². The Kier molecular flexibility index (Phi) is 6.44. The van der Waals surface area contributed by atoms with E-state index >= 15 is 0 Å². The van der Waals surface area contributed by atoms with Gasteiger partial charge in [-0.15, -0.1) is 0 Å². The normalized spacial score (nSPS) is 11.0. The zero-order valence-electron chi connectivity index (χ0n) is 14.8. The molecule has 0 fully saturated rings. The molecule has 0 spiro atoms. The first-order valence-electron chi connectivity index (χ1n) is 8.39. The van der Waals surface area contributed by atoms with Crippen LogP contribution < -0.4 is 0 Å². The van der Waals surface area contributed by atoms with Crippen LogP contribution in [0.2, 0.25) is 0 Å². The Balaban J connectivity index is 0.00000126. The Labute approximate surface area is 153 Å². The predicted octanol–water partition coefficient (Wildman–Crippen LogP) is 4.85. The molecule has 0 amide bonds. The maximum Gasteiger partial charge on any atom is 0.418 e. The Morgan fingerprint density at radius 3 is 2.26 bits per heavy atom. The molecule has 0 unspecified atom stereocenters. The number of benzene rings is 1. The summed E-state index contributed by atoms with van der Waals surface area (Å²) in [7, 11) is 0. The fraction of sp³-hybridized carbons (Fsp3) is 0.263. The quantitative estimate of drug-likeness (QED) is 0.645. The van der Waals surface area contributed by atoms with E-state index in [1.807, 2.05) is 13.8 Å². The fourth-order valence-corrected chi connectivity index (χ4v) is 2.50. The third kappa shape index (κ3) is 4.58. The summed E-state index contributed by atoms with van der Waals surface area (Å²) in [6.07, 6.45) is -4.19. The lowest BCUT2D eigenvalue weighted by Gasteiger charge is -2.10. The second-order valence-corrected chi connectivity index (χ2v) is 5.36. The zero-order valence-corrected chi connectivity index (χ0v) is 14.8. The number of ketones is 2. The first-order valence-corrected chi connectivity index (χ1v) is 8.39. The summed E-state index contributed by atoms with van der Waals surface area (Å²) >= 11 is 0. The van der Waals surface area contributed by atoms with Gasteiger partial charge in [0, 0.05) is 24.4 Å². The van der Waals surface area contributed by atoms with E-state index in [1.165, 1.54) is 0 Å². The van der Waals surface area contributed by atoms with Crippen molar-refractivity contribution < 1.29 is 22.8 Å². The number of halogens is 3. The molecule has 0 bridgehead atoms. The van der Waals surface area contributed by atoms with E-state index in [-0.39, 0.29) is 18.5 Å². The van der Waals surface area contributed by atoms with E-state index in [2.05, 4.69) is 15.2 Å². The third-order valence-corrected chi connectivity index (χ3v) is 3.69. The maximum absolute atomic E-state index is 12.9. The standard InChI is InChI=1S/C17H12F3N3O2.C2H6/c18-17(19,20)11-5-3-9-21-16(11)14(25)8-7-13(24)15-10-4-1-2-6-12(10)22-23-15;1-2/h1-6,9H,7-8H2,(H,22,23);1-2H3. The first-order chi connectivity index (χ1) is 12.9. The lowest BCUT2D eigenvalue weighted by atomic mass is 10.0. The Bertz CT molecular complexity index is 949. The van der Waals surface area contributed by atoms with Gasteiger partial charge in [0.2, 0.25) is 0 Å². The van der Waals surface area contributed by atoms with Crippen molar-refractivity contribution in [1.82, 2.24) is 15.2 Å². The van der Waals surface area contributed by atoms with Crippen LogP contribution >= 0.6 is 0 Å². The number of carbonyl (C=O) groups is 2. The van der Waals surface area contributed by atoms with Crippen LogP contribution in [-0.2, 0) is 6.18 Å². The molecule has 3 rings (SSSR count). The molecule has 27 heavy (non-hydrogen) atoms. The van der Waals surface area contributed by atoms with Crippen LogP contribution in [0.1, 0.15) is 53.2 Å². The van der Waals surface area contributed by atoms with Crippen molar-refractivity contribution in [1.29, 1.82) is 0 Å². The van der Waals surface area contributed by atoms with E-state index in [0.717, 1.165) is 18.3 Å². The number of nitrogens with zero attached hydrogens (tertiary/aromatic N) is 2. The highest BCUT2D eigenvalue weighted by molar-refractivity contribution is 6.07. The van der Waals surface area contributed by atoms with Crippen LogP contribution in [0.15, 0.2) is 42.6 Å². The van der Waals surface area contributed by atoms with Gasteiger partial charge in [-0.2, -0.15) is 18.3 Å². The number of pyridine rings is 1. The van der Waals surface area contributed by atoms with Crippen molar-refractivity contribution in [3.63, 3.8) is 0 Å². The number of hydrogen-bond donors (Lipinski definition) is 1. The van der Waals surface area contributed by atoms with Crippen molar-refractivity contribution in [3.8, 4) is 0 Å². The van der Waals surface area contributed by atoms with Crippen LogP contribution in [0.25, 0.3) is 10.9 Å². The number of hydrogen-bond acceptors (Lipinski definition) is 4. The van der Waals surface area contributed by atoms with E-state index in [1.54, 1.807) is 24.3 Å². The summed E-state index contributed by atoms with van der Waals surface area (Å²) in [6.45, 7) is 4.00. The maximum atomic E-state index is 12.9. The summed E-state index contributed by atoms with van der Waals surface area (Å²) < 4.78 is 38.8. The molecular formula is C19H18F3N3O2. The van der Waals surface area contributed by atoms with Gasteiger partial charge in [0.05, 0.1) is 11.1 Å². The minimum Gasteiger partial charge on any atom is -0.292 e. The van der Waals surface area contributed by atoms with Gasteiger partial charge < -0.3 is 0 Å². The van der Waals surface area contributed by atoms with Gasteiger partial charge in [-0.05, 0) is 18.2 Å². The summed E-state index contributed by atoms with van der Waals surface area (Å²) in [5.41, 5.74) is -0.936. The van der Waals surface area contributed by atoms with Crippen molar-refractivity contribution in [2.75, 3.05) is 0 Å².